The molecule has 0 saturated carbocycles. The quantitative estimate of drug-likeness (QED) is 0.866. The lowest BCUT2D eigenvalue weighted by Gasteiger charge is -2.21. The molecule has 21 heavy (non-hydrogen) atoms. The van der Waals surface area contributed by atoms with E-state index in [-0.39, 0.29) is 34.6 Å². The number of benzene rings is 1. The van der Waals surface area contributed by atoms with Gasteiger partial charge in [0.15, 0.2) is 18.1 Å². The first-order valence-corrected chi connectivity index (χ1v) is 6.63. The van der Waals surface area contributed by atoms with Gasteiger partial charge in [0, 0.05) is 11.1 Å². The number of hydrogen-bond acceptors (Lipinski definition) is 4. The summed E-state index contributed by atoms with van der Waals surface area (Å²) in [5.74, 6) is -0.500. The summed E-state index contributed by atoms with van der Waals surface area (Å²) in [5.41, 5.74) is 4.97. The Hall–Kier alpha value is -1.95. The molecule has 0 aliphatic carbocycles. The molecule has 0 aromatic heterocycles. The van der Waals surface area contributed by atoms with Gasteiger partial charge in [-0.1, -0.05) is 11.6 Å². The molecule has 0 atom stereocenters. The van der Waals surface area contributed by atoms with Crippen LogP contribution in [0.15, 0.2) is 12.1 Å². The Morgan fingerprint density at radius 1 is 1.33 bits per heavy atom. The SMILES string of the molecule is COc1cc(C(=O)NC(C)(C)C)cc(Cl)c1OCC(N)=O. The van der Waals surface area contributed by atoms with Gasteiger partial charge in [0.2, 0.25) is 0 Å². The van der Waals surface area contributed by atoms with Crippen molar-refractivity contribution < 1.29 is 19.1 Å². The summed E-state index contributed by atoms with van der Waals surface area (Å²) in [7, 11) is 1.41. The molecule has 0 radical (unpaired) electrons. The van der Waals surface area contributed by atoms with E-state index in [4.69, 9.17) is 26.8 Å². The fourth-order valence-corrected chi connectivity index (χ4v) is 1.81. The summed E-state index contributed by atoms with van der Waals surface area (Å²) in [6.07, 6.45) is 0. The lowest BCUT2D eigenvalue weighted by molar-refractivity contribution is -0.119. The maximum Gasteiger partial charge on any atom is 0.255 e. The summed E-state index contributed by atoms with van der Waals surface area (Å²) in [6, 6.07) is 2.94. The number of hydrogen-bond donors (Lipinski definition) is 2. The second kappa shape index (κ2) is 6.67. The number of nitrogens with two attached hydrogens (primary N) is 1. The van der Waals surface area contributed by atoms with Gasteiger partial charge in [-0.3, -0.25) is 9.59 Å². The predicted molar refractivity (Wildman–Crippen MR) is 79.9 cm³/mol. The van der Waals surface area contributed by atoms with Crippen molar-refractivity contribution in [3.8, 4) is 11.5 Å². The van der Waals surface area contributed by atoms with Crippen LogP contribution in [0.4, 0.5) is 0 Å². The highest BCUT2D eigenvalue weighted by atomic mass is 35.5. The number of methoxy groups -OCH3 is 1. The molecule has 1 aromatic rings. The van der Waals surface area contributed by atoms with Crippen molar-refractivity contribution in [3.05, 3.63) is 22.7 Å². The second-order valence-corrected chi connectivity index (χ2v) is 5.86. The molecular formula is C14H19ClN2O4. The van der Waals surface area contributed by atoms with E-state index < -0.39 is 5.91 Å². The fraction of sp³-hybridized carbons (Fsp3) is 0.429. The molecule has 0 unspecified atom stereocenters. The van der Waals surface area contributed by atoms with Crippen molar-refractivity contribution in [1.29, 1.82) is 0 Å². The summed E-state index contributed by atoms with van der Waals surface area (Å²) in [5, 5.41) is 2.98. The zero-order valence-corrected chi connectivity index (χ0v) is 13.2. The summed E-state index contributed by atoms with van der Waals surface area (Å²) in [4.78, 5) is 22.9. The van der Waals surface area contributed by atoms with Crippen molar-refractivity contribution >= 4 is 23.4 Å². The van der Waals surface area contributed by atoms with Gasteiger partial charge in [0.05, 0.1) is 12.1 Å². The third-order valence-corrected chi connectivity index (χ3v) is 2.62. The lowest BCUT2D eigenvalue weighted by Crippen LogP contribution is -2.40. The standard InChI is InChI=1S/C14H19ClN2O4/c1-14(2,3)17-13(19)8-5-9(15)12(10(6-8)20-4)21-7-11(16)18/h5-6H,7H2,1-4H3,(H2,16,18)(H,17,19). The largest absolute Gasteiger partial charge is 0.493 e. The van der Waals surface area contributed by atoms with Crippen LogP contribution in [0.2, 0.25) is 5.02 Å². The number of primary amides is 1. The van der Waals surface area contributed by atoms with Gasteiger partial charge in [-0.2, -0.15) is 0 Å². The van der Waals surface area contributed by atoms with Gasteiger partial charge in [0.1, 0.15) is 0 Å². The smallest absolute Gasteiger partial charge is 0.255 e. The number of amides is 2. The zero-order valence-electron chi connectivity index (χ0n) is 12.5. The monoisotopic (exact) mass is 314 g/mol. The Bertz CT molecular complexity index is 553. The van der Waals surface area contributed by atoms with Gasteiger partial charge >= 0.3 is 0 Å². The predicted octanol–water partition coefficient (Wildman–Crippen LogP) is 1.74. The minimum absolute atomic E-state index is 0.162. The number of carbonyl (C=O) groups excluding carboxylic acids is 2. The number of rotatable bonds is 5. The fourth-order valence-electron chi connectivity index (χ4n) is 1.55. The van der Waals surface area contributed by atoms with E-state index in [1.807, 2.05) is 20.8 Å². The van der Waals surface area contributed by atoms with E-state index >= 15 is 0 Å². The minimum Gasteiger partial charge on any atom is -0.493 e. The first kappa shape index (κ1) is 17.1. The first-order chi connectivity index (χ1) is 9.64. The molecule has 2 amide bonds. The number of ether oxygens (including phenoxy) is 2. The summed E-state index contributed by atoms with van der Waals surface area (Å²) < 4.78 is 10.3. The Morgan fingerprint density at radius 3 is 2.43 bits per heavy atom. The molecule has 6 nitrogen and oxygen atoms in total. The number of nitrogens with one attached hydrogen (secondary N) is 1. The van der Waals surface area contributed by atoms with Crippen LogP contribution in [0.3, 0.4) is 0 Å². The van der Waals surface area contributed by atoms with Crippen LogP contribution in [0.25, 0.3) is 0 Å². The zero-order chi connectivity index (χ0) is 16.2. The van der Waals surface area contributed by atoms with Crippen molar-refractivity contribution in [3.63, 3.8) is 0 Å². The highest BCUT2D eigenvalue weighted by Gasteiger charge is 2.19. The van der Waals surface area contributed by atoms with E-state index in [2.05, 4.69) is 5.32 Å². The molecule has 0 heterocycles. The van der Waals surface area contributed by atoms with Gasteiger partial charge in [0.25, 0.3) is 11.8 Å². The molecule has 0 saturated heterocycles. The van der Waals surface area contributed by atoms with E-state index in [1.54, 1.807) is 0 Å². The maximum atomic E-state index is 12.1. The highest BCUT2D eigenvalue weighted by molar-refractivity contribution is 6.32. The minimum atomic E-state index is -0.636. The molecule has 0 fully saturated rings. The van der Waals surface area contributed by atoms with Crippen LogP contribution in [-0.4, -0.2) is 31.1 Å². The molecule has 0 aliphatic heterocycles. The molecule has 1 aromatic carbocycles. The van der Waals surface area contributed by atoms with E-state index in [0.29, 0.717) is 5.56 Å². The molecule has 0 spiro atoms. The highest BCUT2D eigenvalue weighted by Crippen LogP contribution is 2.36. The molecule has 0 aliphatic rings. The van der Waals surface area contributed by atoms with E-state index in [1.165, 1.54) is 19.2 Å². The molecule has 7 heteroatoms. The summed E-state index contributed by atoms with van der Waals surface area (Å²) in [6.45, 7) is 5.28. The maximum absolute atomic E-state index is 12.1. The molecule has 3 N–H and O–H groups in total. The lowest BCUT2D eigenvalue weighted by atomic mass is 10.1. The van der Waals surface area contributed by atoms with Gasteiger partial charge in [-0.05, 0) is 32.9 Å². The normalized spacial score (nSPS) is 10.9. The summed E-state index contributed by atoms with van der Waals surface area (Å²) >= 11 is 6.07. The van der Waals surface area contributed by atoms with Crippen LogP contribution < -0.4 is 20.5 Å². The molecule has 116 valence electrons. The van der Waals surface area contributed by atoms with Crippen LogP contribution in [-0.2, 0) is 4.79 Å². The molecule has 0 bridgehead atoms. The Labute approximate surface area is 128 Å². The van der Waals surface area contributed by atoms with Crippen LogP contribution >= 0.6 is 11.6 Å². The van der Waals surface area contributed by atoms with Crippen molar-refractivity contribution in [1.82, 2.24) is 5.32 Å². The third-order valence-electron chi connectivity index (χ3n) is 2.34. The van der Waals surface area contributed by atoms with Crippen LogP contribution in [0.1, 0.15) is 31.1 Å². The Morgan fingerprint density at radius 2 is 1.95 bits per heavy atom. The van der Waals surface area contributed by atoms with Crippen molar-refractivity contribution in [2.24, 2.45) is 5.73 Å². The number of carbonyl (C=O) groups is 2. The number of halogens is 1. The van der Waals surface area contributed by atoms with E-state index in [0.717, 1.165) is 0 Å². The van der Waals surface area contributed by atoms with Crippen molar-refractivity contribution in [2.45, 2.75) is 26.3 Å². The van der Waals surface area contributed by atoms with Crippen LogP contribution in [0.5, 0.6) is 11.5 Å². The van der Waals surface area contributed by atoms with Gasteiger partial charge in [-0.25, -0.2) is 0 Å². The van der Waals surface area contributed by atoms with E-state index in [9.17, 15) is 9.59 Å². The molecular weight excluding hydrogens is 296 g/mol. The van der Waals surface area contributed by atoms with Gasteiger partial charge < -0.3 is 20.5 Å². The van der Waals surface area contributed by atoms with Crippen LogP contribution in [0, 0.1) is 0 Å². The second-order valence-electron chi connectivity index (χ2n) is 5.45. The topological polar surface area (TPSA) is 90.7 Å². The third kappa shape index (κ3) is 5.15. The molecule has 1 rings (SSSR count). The van der Waals surface area contributed by atoms with Gasteiger partial charge in [-0.15, -0.1) is 0 Å². The Balaban J connectivity index is 3.08. The average Bonchev–Trinajstić information content (AvgIpc) is 2.34. The average molecular weight is 315 g/mol. The van der Waals surface area contributed by atoms with Crippen molar-refractivity contribution in [2.75, 3.05) is 13.7 Å². The first-order valence-electron chi connectivity index (χ1n) is 6.25. The Kier molecular flexibility index (Phi) is 5.43.